The van der Waals surface area contributed by atoms with Gasteiger partial charge in [-0.3, -0.25) is 9.59 Å². The van der Waals surface area contributed by atoms with Gasteiger partial charge in [0.1, 0.15) is 0 Å². The first-order valence-electron chi connectivity index (χ1n) is 5.80. The van der Waals surface area contributed by atoms with Gasteiger partial charge in [0.05, 0.1) is 0 Å². The van der Waals surface area contributed by atoms with E-state index in [1.165, 1.54) is 0 Å². The number of benzene rings is 2. The van der Waals surface area contributed by atoms with E-state index in [1.807, 2.05) is 11.0 Å². The largest absolute Gasteiger partial charge is 0.277 e. The van der Waals surface area contributed by atoms with Gasteiger partial charge in [-0.15, -0.1) is 0 Å². The van der Waals surface area contributed by atoms with E-state index in [0.29, 0.717) is 11.1 Å². The molecule has 2 N–H and O–H groups in total. The average molecular weight is 272 g/mol. The van der Waals surface area contributed by atoms with E-state index in [1.54, 1.807) is 60.7 Å². The summed E-state index contributed by atoms with van der Waals surface area (Å²) < 4.78 is 0. The highest BCUT2D eigenvalue weighted by Crippen LogP contribution is 1.98. The van der Waals surface area contributed by atoms with Crippen molar-refractivity contribution in [1.29, 1.82) is 0 Å². The van der Waals surface area contributed by atoms with Gasteiger partial charge in [-0.25, -0.2) is 0 Å². The Morgan fingerprint density at radius 1 is 0.650 bits per heavy atom. The smallest absolute Gasteiger partial charge is 0.267 e. The van der Waals surface area contributed by atoms with Crippen molar-refractivity contribution in [2.45, 2.75) is 0 Å². The number of carbonyl (C=O) groups is 2. The molecule has 0 heterocycles. The highest BCUT2D eigenvalue weighted by atomic mass is 17.3. The molecule has 6 nitrogen and oxygen atoms in total. The monoisotopic (exact) mass is 272 g/mol. The van der Waals surface area contributed by atoms with Crippen molar-refractivity contribution >= 4 is 11.8 Å². The third-order valence-corrected chi connectivity index (χ3v) is 2.38. The van der Waals surface area contributed by atoms with Crippen LogP contribution in [0.15, 0.2) is 60.7 Å². The first-order valence-corrected chi connectivity index (χ1v) is 5.80. The molecule has 0 spiro atoms. The summed E-state index contributed by atoms with van der Waals surface area (Å²) in [5.74, 6) is -0.973. The molecule has 2 aromatic carbocycles. The Balaban J connectivity index is 1.72. The van der Waals surface area contributed by atoms with Gasteiger partial charge in [0, 0.05) is 11.1 Å². The highest BCUT2D eigenvalue weighted by molar-refractivity contribution is 5.93. The van der Waals surface area contributed by atoms with Crippen molar-refractivity contribution in [3.05, 3.63) is 71.8 Å². The number of hydrogen-bond acceptors (Lipinski definition) is 4. The molecule has 0 fully saturated rings. The van der Waals surface area contributed by atoms with Crippen LogP contribution in [-0.4, -0.2) is 11.8 Å². The molecule has 2 rings (SSSR count). The van der Waals surface area contributed by atoms with E-state index in [9.17, 15) is 9.59 Å². The van der Waals surface area contributed by atoms with Crippen molar-refractivity contribution in [2.24, 2.45) is 0 Å². The number of hydrogen-bond donors (Lipinski definition) is 2. The maximum Gasteiger partial charge on any atom is 0.277 e. The summed E-state index contributed by atoms with van der Waals surface area (Å²) in [6.07, 6.45) is 0. The molecule has 0 aliphatic rings. The van der Waals surface area contributed by atoms with Gasteiger partial charge in [0.25, 0.3) is 11.8 Å². The molecule has 0 aliphatic heterocycles. The molecule has 0 saturated carbocycles. The third-order valence-electron chi connectivity index (χ3n) is 2.38. The summed E-state index contributed by atoms with van der Waals surface area (Å²) in [5, 5.41) is 0. The normalized spacial score (nSPS) is 9.80. The Kier molecular flexibility index (Phi) is 4.82. The molecule has 0 atom stereocenters. The van der Waals surface area contributed by atoms with Crippen LogP contribution in [0.25, 0.3) is 0 Å². The zero-order valence-electron chi connectivity index (χ0n) is 10.4. The van der Waals surface area contributed by atoms with Crippen molar-refractivity contribution in [3.63, 3.8) is 0 Å². The molecular formula is C14H12N2O4. The second-order valence-electron chi connectivity index (χ2n) is 3.76. The Labute approximate surface area is 115 Å². The molecule has 20 heavy (non-hydrogen) atoms. The van der Waals surface area contributed by atoms with E-state index in [4.69, 9.17) is 0 Å². The molecule has 0 saturated heterocycles. The van der Waals surface area contributed by atoms with Gasteiger partial charge >= 0.3 is 0 Å². The van der Waals surface area contributed by atoms with Crippen LogP contribution in [0.1, 0.15) is 20.7 Å². The SMILES string of the molecule is O=C(NOONC(=O)c1ccccc1)c1ccccc1. The van der Waals surface area contributed by atoms with Crippen LogP contribution in [0.4, 0.5) is 0 Å². The lowest BCUT2D eigenvalue weighted by Gasteiger charge is -2.05. The Morgan fingerprint density at radius 2 is 1.00 bits per heavy atom. The number of hydroxylamine groups is 2. The second-order valence-corrected chi connectivity index (χ2v) is 3.76. The Bertz CT molecular complexity index is 519. The van der Waals surface area contributed by atoms with Crippen LogP contribution in [0.5, 0.6) is 0 Å². The molecule has 6 heteroatoms. The lowest BCUT2D eigenvalue weighted by molar-refractivity contribution is -0.352. The quantitative estimate of drug-likeness (QED) is 0.492. The van der Waals surface area contributed by atoms with Crippen molar-refractivity contribution in [3.8, 4) is 0 Å². The molecule has 2 aromatic rings. The van der Waals surface area contributed by atoms with Crippen molar-refractivity contribution in [2.75, 3.05) is 0 Å². The predicted molar refractivity (Wildman–Crippen MR) is 70.0 cm³/mol. The fraction of sp³-hybridized carbons (Fsp3) is 0. The van der Waals surface area contributed by atoms with Gasteiger partial charge < -0.3 is 0 Å². The van der Waals surface area contributed by atoms with Crippen molar-refractivity contribution < 1.29 is 19.6 Å². The summed E-state index contributed by atoms with van der Waals surface area (Å²) in [4.78, 5) is 31.9. The Hall–Kier alpha value is -2.70. The second kappa shape index (κ2) is 7.03. The van der Waals surface area contributed by atoms with E-state index >= 15 is 0 Å². The number of rotatable bonds is 5. The molecule has 0 aromatic heterocycles. The summed E-state index contributed by atoms with van der Waals surface area (Å²) in [5.41, 5.74) is 4.88. The van der Waals surface area contributed by atoms with Gasteiger partial charge in [-0.2, -0.15) is 11.0 Å². The van der Waals surface area contributed by atoms with E-state index in [2.05, 4.69) is 9.98 Å². The molecule has 0 unspecified atom stereocenters. The third kappa shape index (κ3) is 3.91. The fourth-order valence-electron chi connectivity index (χ4n) is 1.41. The van der Waals surface area contributed by atoms with Crippen molar-refractivity contribution in [1.82, 2.24) is 11.0 Å². The minimum atomic E-state index is -0.487. The van der Waals surface area contributed by atoms with Crippen LogP contribution in [0, 0.1) is 0 Å². The lowest BCUT2D eigenvalue weighted by Crippen LogP contribution is -2.30. The summed E-state index contributed by atoms with van der Waals surface area (Å²) >= 11 is 0. The van der Waals surface area contributed by atoms with E-state index in [-0.39, 0.29) is 0 Å². The molecule has 0 radical (unpaired) electrons. The van der Waals surface area contributed by atoms with Crippen LogP contribution in [0.3, 0.4) is 0 Å². The summed E-state index contributed by atoms with van der Waals surface area (Å²) in [6.45, 7) is 0. The van der Waals surface area contributed by atoms with E-state index in [0.717, 1.165) is 0 Å². The average Bonchev–Trinajstić information content (AvgIpc) is 2.53. The fourth-order valence-corrected chi connectivity index (χ4v) is 1.41. The summed E-state index contributed by atoms with van der Waals surface area (Å²) in [7, 11) is 0. The first-order chi connectivity index (χ1) is 9.77. The van der Waals surface area contributed by atoms with Crippen LogP contribution in [-0.2, 0) is 9.98 Å². The minimum Gasteiger partial charge on any atom is -0.267 e. The van der Waals surface area contributed by atoms with Gasteiger partial charge in [-0.05, 0) is 24.3 Å². The van der Waals surface area contributed by atoms with Gasteiger partial charge in [-0.1, -0.05) is 46.4 Å². The minimum absolute atomic E-state index is 0.408. The zero-order valence-corrected chi connectivity index (χ0v) is 10.4. The highest BCUT2D eigenvalue weighted by Gasteiger charge is 2.06. The van der Waals surface area contributed by atoms with Crippen LogP contribution >= 0.6 is 0 Å². The van der Waals surface area contributed by atoms with Gasteiger partial charge in [0.2, 0.25) is 0 Å². The molecular weight excluding hydrogens is 260 g/mol. The topological polar surface area (TPSA) is 76.7 Å². The molecule has 2 amide bonds. The standard InChI is InChI=1S/C14H12N2O4/c17-13(11-7-3-1-4-8-11)15-19-20-16-14(18)12-9-5-2-6-10-12/h1-10H,(H,15,17)(H,16,18). The van der Waals surface area contributed by atoms with Crippen LogP contribution in [0.2, 0.25) is 0 Å². The Morgan fingerprint density at radius 3 is 1.35 bits per heavy atom. The van der Waals surface area contributed by atoms with Gasteiger partial charge in [0.15, 0.2) is 0 Å². The first kappa shape index (κ1) is 13.7. The predicted octanol–water partition coefficient (Wildman–Crippen LogP) is 1.62. The van der Waals surface area contributed by atoms with Crippen LogP contribution < -0.4 is 11.0 Å². The number of amides is 2. The maximum absolute atomic E-state index is 11.5. The van der Waals surface area contributed by atoms with E-state index < -0.39 is 11.8 Å². The lowest BCUT2D eigenvalue weighted by atomic mass is 10.2. The summed E-state index contributed by atoms with van der Waals surface area (Å²) in [6, 6.07) is 16.9. The molecule has 102 valence electrons. The number of carbonyl (C=O) groups excluding carboxylic acids is 2. The maximum atomic E-state index is 11.5. The molecule has 0 aliphatic carbocycles. The zero-order chi connectivity index (χ0) is 14.2. The number of nitrogens with one attached hydrogen (secondary N) is 2. The molecule has 0 bridgehead atoms.